The van der Waals surface area contributed by atoms with Crippen molar-refractivity contribution in [3.8, 4) is 40.0 Å². The lowest BCUT2D eigenvalue weighted by Gasteiger charge is -2.07. The van der Waals surface area contributed by atoms with Gasteiger partial charge in [-0.15, -0.1) is 5.10 Å². The predicted molar refractivity (Wildman–Crippen MR) is 107 cm³/mol. The van der Waals surface area contributed by atoms with Crippen LogP contribution in [0.5, 0.6) is 17.2 Å². The van der Waals surface area contributed by atoms with Gasteiger partial charge in [0, 0.05) is 5.56 Å². The molecule has 0 bridgehead atoms. The number of aromatic nitrogens is 3. The minimum atomic E-state index is -0.430. The Balaban J connectivity index is 1.88. The summed E-state index contributed by atoms with van der Waals surface area (Å²) in [4.78, 5) is 17.6. The Bertz CT molecular complexity index is 1180. The number of methoxy groups -OCH3 is 1. The van der Waals surface area contributed by atoms with Gasteiger partial charge in [-0.05, 0) is 48.5 Å². The Morgan fingerprint density at radius 2 is 1.45 bits per heavy atom. The van der Waals surface area contributed by atoms with Crippen molar-refractivity contribution in [3.05, 3.63) is 78.4 Å². The van der Waals surface area contributed by atoms with Gasteiger partial charge in [0.25, 0.3) is 5.91 Å². The highest BCUT2D eigenvalue weighted by molar-refractivity contribution is 5.98. The molecule has 4 rings (SSSR count). The molecule has 0 amide bonds. The van der Waals surface area contributed by atoms with E-state index in [-0.39, 0.29) is 23.1 Å². The highest BCUT2D eigenvalue weighted by Crippen LogP contribution is 2.32. The molecule has 0 unspecified atom stereocenters. The van der Waals surface area contributed by atoms with Gasteiger partial charge in [0.2, 0.25) is 0 Å². The van der Waals surface area contributed by atoms with Crippen LogP contribution in [0, 0.1) is 0 Å². The molecule has 144 valence electrons. The molecule has 7 heteroatoms. The largest absolute Gasteiger partial charge is 0.507 e. The quantitative estimate of drug-likeness (QED) is 0.554. The van der Waals surface area contributed by atoms with E-state index in [1.807, 2.05) is 0 Å². The van der Waals surface area contributed by atoms with Crippen LogP contribution in [0.3, 0.4) is 0 Å². The molecule has 0 saturated heterocycles. The molecule has 2 N–H and O–H groups in total. The van der Waals surface area contributed by atoms with Crippen LogP contribution in [0.4, 0.5) is 0 Å². The SMILES string of the molecule is COc1ccc(C(=O)n2nc(-c3ccccc3O)nc2-c2ccccc2O)cc1. The molecule has 0 radical (unpaired) electrons. The number of phenols is 2. The summed E-state index contributed by atoms with van der Waals surface area (Å²) in [5.74, 6) is 0.485. The molecule has 7 nitrogen and oxygen atoms in total. The van der Waals surface area contributed by atoms with E-state index in [4.69, 9.17) is 4.74 Å². The van der Waals surface area contributed by atoms with Gasteiger partial charge in [0.15, 0.2) is 11.6 Å². The van der Waals surface area contributed by atoms with Gasteiger partial charge in [-0.3, -0.25) is 4.79 Å². The number of carbonyl (C=O) groups is 1. The number of ether oxygens (including phenoxy) is 1. The number of carbonyl (C=O) groups excluding carboxylic acids is 1. The summed E-state index contributed by atoms with van der Waals surface area (Å²) < 4.78 is 6.26. The Labute approximate surface area is 166 Å². The molecule has 0 aliphatic heterocycles. The minimum absolute atomic E-state index is 0.00891. The zero-order valence-corrected chi connectivity index (χ0v) is 15.5. The normalized spacial score (nSPS) is 10.7. The average Bonchev–Trinajstić information content (AvgIpc) is 3.19. The zero-order chi connectivity index (χ0) is 20.4. The van der Waals surface area contributed by atoms with Gasteiger partial charge >= 0.3 is 0 Å². The van der Waals surface area contributed by atoms with Gasteiger partial charge in [0.1, 0.15) is 17.2 Å². The van der Waals surface area contributed by atoms with Crippen molar-refractivity contribution < 1.29 is 19.7 Å². The number of para-hydroxylation sites is 2. The first kappa shape index (κ1) is 18.2. The lowest BCUT2D eigenvalue weighted by atomic mass is 10.1. The Kier molecular flexibility index (Phi) is 4.70. The summed E-state index contributed by atoms with van der Waals surface area (Å²) in [5.41, 5.74) is 1.10. The summed E-state index contributed by atoms with van der Waals surface area (Å²) in [5, 5.41) is 24.8. The third-order valence-corrected chi connectivity index (χ3v) is 4.43. The van der Waals surface area contributed by atoms with Gasteiger partial charge in [-0.1, -0.05) is 24.3 Å². The van der Waals surface area contributed by atoms with Gasteiger partial charge in [0.05, 0.1) is 18.2 Å². The molecular formula is C22H17N3O4. The second-order valence-corrected chi connectivity index (χ2v) is 6.24. The molecule has 29 heavy (non-hydrogen) atoms. The Morgan fingerprint density at radius 1 is 0.862 bits per heavy atom. The van der Waals surface area contributed by atoms with E-state index in [0.717, 1.165) is 4.68 Å². The zero-order valence-electron chi connectivity index (χ0n) is 15.5. The molecule has 0 aliphatic carbocycles. The lowest BCUT2D eigenvalue weighted by molar-refractivity contribution is 0.0947. The predicted octanol–water partition coefficient (Wildman–Crippen LogP) is 3.72. The summed E-state index contributed by atoms with van der Waals surface area (Å²) in [6.45, 7) is 0. The highest BCUT2D eigenvalue weighted by atomic mass is 16.5. The van der Waals surface area contributed by atoms with Crippen LogP contribution in [-0.4, -0.2) is 38.0 Å². The van der Waals surface area contributed by atoms with E-state index in [2.05, 4.69) is 10.1 Å². The van der Waals surface area contributed by atoms with Gasteiger partial charge < -0.3 is 14.9 Å². The summed E-state index contributed by atoms with van der Waals surface area (Å²) >= 11 is 0. The van der Waals surface area contributed by atoms with Crippen molar-refractivity contribution >= 4 is 5.91 Å². The third-order valence-electron chi connectivity index (χ3n) is 4.43. The Morgan fingerprint density at radius 3 is 2.03 bits per heavy atom. The number of rotatable bonds is 4. The number of phenolic OH excluding ortho intramolecular Hbond substituents is 2. The van der Waals surface area contributed by atoms with Crippen LogP contribution < -0.4 is 4.74 Å². The summed E-state index contributed by atoms with van der Waals surface area (Å²) in [6, 6.07) is 19.7. The van der Waals surface area contributed by atoms with Crippen LogP contribution >= 0.6 is 0 Å². The molecule has 0 fully saturated rings. The maximum absolute atomic E-state index is 13.2. The fraction of sp³-hybridized carbons (Fsp3) is 0.0455. The first-order valence-corrected chi connectivity index (χ1v) is 8.81. The molecule has 1 aromatic heterocycles. The number of aromatic hydroxyl groups is 2. The van der Waals surface area contributed by atoms with Crippen molar-refractivity contribution in [3.63, 3.8) is 0 Å². The van der Waals surface area contributed by atoms with Crippen LogP contribution in [0.15, 0.2) is 72.8 Å². The monoisotopic (exact) mass is 387 g/mol. The average molecular weight is 387 g/mol. The Hall–Kier alpha value is -4.13. The summed E-state index contributed by atoms with van der Waals surface area (Å²) in [7, 11) is 1.54. The second kappa shape index (κ2) is 7.47. The van der Waals surface area contributed by atoms with Crippen LogP contribution in [-0.2, 0) is 0 Å². The first-order chi connectivity index (χ1) is 14.1. The van der Waals surface area contributed by atoms with E-state index in [9.17, 15) is 15.0 Å². The van der Waals surface area contributed by atoms with E-state index < -0.39 is 5.91 Å². The molecule has 0 saturated carbocycles. The van der Waals surface area contributed by atoms with Crippen molar-refractivity contribution in [1.29, 1.82) is 0 Å². The fourth-order valence-electron chi connectivity index (χ4n) is 2.92. The molecule has 0 aliphatic rings. The van der Waals surface area contributed by atoms with Crippen LogP contribution in [0.2, 0.25) is 0 Å². The first-order valence-electron chi connectivity index (χ1n) is 8.81. The topological polar surface area (TPSA) is 97.5 Å². The minimum Gasteiger partial charge on any atom is -0.507 e. The van der Waals surface area contributed by atoms with Crippen molar-refractivity contribution in [2.24, 2.45) is 0 Å². The van der Waals surface area contributed by atoms with E-state index in [1.54, 1.807) is 67.8 Å². The van der Waals surface area contributed by atoms with Gasteiger partial charge in [-0.2, -0.15) is 4.68 Å². The number of benzene rings is 3. The number of hydrogen-bond donors (Lipinski definition) is 2. The second-order valence-electron chi connectivity index (χ2n) is 6.24. The molecule has 1 heterocycles. The summed E-state index contributed by atoms with van der Waals surface area (Å²) in [6.07, 6.45) is 0. The molecule has 3 aromatic carbocycles. The lowest BCUT2D eigenvalue weighted by Crippen LogP contribution is -2.15. The third kappa shape index (κ3) is 3.41. The molecule has 4 aromatic rings. The van der Waals surface area contributed by atoms with Crippen LogP contribution in [0.25, 0.3) is 22.8 Å². The van der Waals surface area contributed by atoms with Crippen LogP contribution in [0.1, 0.15) is 10.4 Å². The van der Waals surface area contributed by atoms with E-state index in [1.165, 1.54) is 12.1 Å². The molecular weight excluding hydrogens is 370 g/mol. The van der Waals surface area contributed by atoms with Crippen molar-refractivity contribution in [2.75, 3.05) is 7.11 Å². The van der Waals surface area contributed by atoms with Crippen molar-refractivity contribution in [1.82, 2.24) is 14.8 Å². The van der Waals surface area contributed by atoms with E-state index in [0.29, 0.717) is 22.4 Å². The maximum Gasteiger partial charge on any atom is 0.280 e. The molecule has 0 spiro atoms. The van der Waals surface area contributed by atoms with Crippen molar-refractivity contribution in [2.45, 2.75) is 0 Å². The number of hydrogen-bond acceptors (Lipinski definition) is 6. The molecule has 0 atom stereocenters. The smallest absolute Gasteiger partial charge is 0.280 e. The maximum atomic E-state index is 13.2. The fourth-order valence-corrected chi connectivity index (χ4v) is 2.92. The number of nitrogens with zero attached hydrogens (tertiary/aromatic N) is 3. The standard InChI is InChI=1S/C22H17N3O4/c1-29-15-12-10-14(11-13-15)22(28)25-21(17-7-3-5-9-19(17)27)23-20(24-25)16-6-2-4-8-18(16)26/h2-13,26-27H,1H3. The van der Waals surface area contributed by atoms with Gasteiger partial charge in [-0.25, -0.2) is 4.98 Å². The highest BCUT2D eigenvalue weighted by Gasteiger charge is 2.22. The van der Waals surface area contributed by atoms with E-state index >= 15 is 0 Å².